The van der Waals surface area contributed by atoms with Gasteiger partial charge >= 0.3 is 0 Å². The van der Waals surface area contributed by atoms with Crippen LogP contribution in [0.2, 0.25) is 13.1 Å². The SMILES string of the molecule is C[SiH](C)OCCN=C=S. The van der Waals surface area contributed by atoms with Gasteiger partial charge in [0, 0.05) is 0 Å². The molecule has 0 saturated heterocycles. The van der Waals surface area contributed by atoms with Crippen LogP contribution in [0.15, 0.2) is 4.99 Å². The molecule has 0 aromatic heterocycles. The molecule has 0 fully saturated rings. The second-order valence-electron chi connectivity index (χ2n) is 1.89. The van der Waals surface area contributed by atoms with E-state index in [1.807, 2.05) is 0 Å². The number of isothiocyanates is 1. The highest BCUT2D eigenvalue weighted by Crippen LogP contribution is 1.82. The molecule has 0 N–H and O–H groups in total. The maximum absolute atomic E-state index is 5.30. The van der Waals surface area contributed by atoms with Gasteiger partial charge in [-0.25, -0.2) is 4.99 Å². The minimum absolute atomic E-state index is 0.661. The van der Waals surface area contributed by atoms with Crippen LogP contribution in [0.1, 0.15) is 0 Å². The number of nitrogens with zero attached hydrogens (tertiary/aromatic N) is 1. The van der Waals surface area contributed by atoms with Crippen LogP contribution in [-0.2, 0) is 4.43 Å². The monoisotopic (exact) mass is 161 g/mol. The first-order valence-electron chi connectivity index (χ1n) is 2.92. The zero-order chi connectivity index (χ0) is 7.11. The molecule has 0 aliphatic carbocycles. The highest BCUT2D eigenvalue weighted by atomic mass is 32.1. The summed E-state index contributed by atoms with van der Waals surface area (Å²) < 4.78 is 5.30. The Hall–Kier alpha value is -0.0231. The lowest BCUT2D eigenvalue weighted by Crippen LogP contribution is -2.10. The summed E-state index contributed by atoms with van der Waals surface area (Å²) >= 11 is 4.37. The lowest BCUT2D eigenvalue weighted by molar-refractivity contribution is 0.338. The Bertz CT molecular complexity index is 112. The molecule has 9 heavy (non-hydrogen) atoms. The molecule has 52 valence electrons. The zero-order valence-electron chi connectivity index (χ0n) is 5.76. The van der Waals surface area contributed by atoms with Crippen LogP contribution in [-0.4, -0.2) is 27.4 Å². The van der Waals surface area contributed by atoms with Crippen LogP contribution in [0.3, 0.4) is 0 Å². The van der Waals surface area contributed by atoms with Crippen LogP contribution in [0.5, 0.6) is 0 Å². The van der Waals surface area contributed by atoms with Crippen molar-refractivity contribution >= 4 is 26.4 Å². The fourth-order valence-corrected chi connectivity index (χ4v) is 1.05. The lowest BCUT2D eigenvalue weighted by Gasteiger charge is -2.01. The van der Waals surface area contributed by atoms with Crippen molar-refractivity contribution in [3.8, 4) is 0 Å². The highest BCUT2D eigenvalue weighted by Gasteiger charge is 1.91. The third-order valence-electron chi connectivity index (χ3n) is 0.719. The van der Waals surface area contributed by atoms with Crippen molar-refractivity contribution in [2.75, 3.05) is 13.2 Å². The van der Waals surface area contributed by atoms with Gasteiger partial charge in [-0.15, -0.1) is 0 Å². The average Bonchev–Trinajstić information content (AvgIpc) is 1.80. The normalized spacial score (nSPS) is 9.22. The Morgan fingerprint density at radius 3 is 2.78 bits per heavy atom. The van der Waals surface area contributed by atoms with Crippen molar-refractivity contribution in [3.05, 3.63) is 0 Å². The number of hydrogen-bond acceptors (Lipinski definition) is 3. The summed E-state index contributed by atoms with van der Waals surface area (Å²) in [6, 6.07) is 0. The summed E-state index contributed by atoms with van der Waals surface area (Å²) in [7, 11) is -0.835. The number of aliphatic imine (C=N–C) groups is 1. The second kappa shape index (κ2) is 6.10. The number of hydrogen-bond donors (Lipinski definition) is 0. The topological polar surface area (TPSA) is 21.6 Å². The molecule has 0 unspecified atom stereocenters. The molecule has 2 nitrogen and oxygen atoms in total. The smallest absolute Gasteiger partial charge is 0.170 e. The molecule has 0 aromatic rings. The summed E-state index contributed by atoms with van der Waals surface area (Å²) in [6.07, 6.45) is 0. The number of rotatable bonds is 4. The third kappa shape index (κ3) is 7.98. The quantitative estimate of drug-likeness (QED) is 0.266. The van der Waals surface area contributed by atoms with E-state index in [0.29, 0.717) is 13.2 Å². The predicted molar refractivity (Wildman–Crippen MR) is 44.7 cm³/mol. The van der Waals surface area contributed by atoms with E-state index in [0.717, 1.165) is 0 Å². The van der Waals surface area contributed by atoms with Gasteiger partial charge in [0.2, 0.25) is 0 Å². The van der Waals surface area contributed by atoms with Crippen molar-refractivity contribution in [2.45, 2.75) is 13.1 Å². The van der Waals surface area contributed by atoms with Gasteiger partial charge in [-0.3, -0.25) is 0 Å². The van der Waals surface area contributed by atoms with Crippen LogP contribution in [0.25, 0.3) is 0 Å². The fourth-order valence-electron chi connectivity index (χ4n) is 0.380. The van der Waals surface area contributed by atoms with Gasteiger partial charge in [-0.2, -0.15) is 0 Å². The first kappa shape index (κ1) is 8.98. The molecule has 0 aliphatic heterocycles. The summed E-state index contributed by atoms with van der Waals surface area (Å²) in [6.45, 7) is 5.62. The van der Waals surface area contributed by atoms with Crippen LogP contribution >= 0.6 is 12.2 Å². The Kier molecular flexibility index (Phi) is 6.09. The summed E-state index contributed by atoms with van der Waals surface area (Å²) in [5, 5.41) is 2.29. The van der Waals surface area contributed by atoms with E-state index < -0.39 is 9.04 Å². The summed E-state index contributed by atoms with van der Waals surface area (Å²) in [4.78, 5) is 3.71. The zero-order valence-corrected chi connectivity index (χ0v) is 7.73. The average molecular weight is 161 g/mol. The molecule has 0 amide bonds. The molecule has 4 heteroatoms. The molecular formula is C5H11NOSSi. The fraction of sp³-hybridized carbons (Fsp3) is 0.800. The molecule has 0 heterocycles. The Morgan fingerprint density at radius 2 is 2.33 bits per heavy atom. The maximum atomic E-state index is 5.30. The van der Waals surface area contributed by atoms with Crippen molar-refractivity contribution in [2.24, 2.45) is 4.99 Å². The van der Waals surface area contributed by atoms with E-state index in [-0.39, 0.29) is 0 Å². The van der Waals surface area contributed by atoms with Gasteiger partial charge in [0.15, 0.2) is 9.04 Å². The van der Waals surface area contributed by atoms with Crippen molar-refractivity contribution < 1.29 is 4.43 Å². The lowest BCUT2D eigenvalue weighted by atomic mass is 10.7. The minimum Gasteiger partial charge on any atom is -0.419 e. The van der Waals surface area contributed by atoms with E-state index in [4.69, 9.17) is 4.43 Å². The van der Waals surface area contributed by atoms with Crippen LogP contribution < -0.4 is 0 Å². The van der Waals surface area contributed by atoms with Gasteiger partial charge in [0.25, 0.3) is 0 Å². The van der Waals surface area contributed by atoms with Gasteiger partial charge in [0.1, 0.15) is 0 Å². The highest BCUT2D eigenvalue weighted by molar-refractivity contribution is 7.78. The van der Waals surface area contributed by atoms with Gasteiger partial charge in [-0.05, 0) is 25.3 Å². The molecule has 0 saturated carbocycles. The van der Waals surface area contributed by atoms with E-state index >= 15 is 0 Å². The van der Waals surface area contributed by atoms with Gasteiger partial charge < -0.3 is 4.43 Å². The van der Waals surface area contributed by atoms with Gasteiger partial charge in [-0.1, -0.05) is 0 Å². The molecular weight excluding hydrogens is 150 g/mol. The van der Waals surface area contributed by atoms with E-state index in [9.17, 15) is 0 Å². The Balaban J connectivity index is 3.00. The maximum Gasteiger partial charge on any atom is 0.170 e. The largest absolute Gasteiger partial charge is 0.419 e. The Labute approximate surface area is 62.7 Å². The first-order chi connectivity index (χ1) is 4.27. The third-order valence-corrected chi connectivity index (χ3v) is 1.75. The minimum atomic E-state index is -0.835. The predicted octanol–water partition coefficient (Wildman–Crippen LogP) is 1.09. The molecule has 0 atom stereocenters. The molecule has 0 aromatic carbocycles. The summed E-state index contributed by atoms with van der Waals surface area (Å²) in [5.41, 5.74) is 0. The molecule has 0 radical (unpaired) electrons. The van der Waals surface area contributed by atoms with E-state index in [2.05, 4.69) is 35.5 Å². The van der Waals surface area contributed by atoms with Crippen molar-refractivity contribution in [3.63, 3.8) is 0 Å². The van der Waals surface area contributed by atoms with E-state index in [1.54, 1.807) is 0 Å². The van der Waals surface area contributed by atoms with Crippen molar-refractivity contribution in [1.82, 2.24) is 0 Å². The summed E-state index contributed by atoms with van der Waals surface area (Å²) in [5.74, 6) is 0. The molecule has 0 aliphatic rings. The molecule has 0 bridgehead atoms. The van der Waals surface area contributed by atoms with Crippen molar-refractivity contribution in [1.29, 1.82) is 0 Å². The molecule has 0 spiro atoms. The van der Waals surface area contributed by atoms with E-state index in [1.165, 1.54) is 0 Å². The number of thiocarbonyl (C=S) groups is 1. The van der Waals surface area contributed by atoms with Gasteiger partial charge in [0.05, 0.1) is 18.3 Å². The van der Waals surface area contributed by atoms with Crippen LogP contribution in [0, 0.1) is 0 Å². The Morgan fingerprint density at radius 1 is 1.67 bits per heavy atom. The first-order valence-corrected chi connectivity index (χ1v) is 6.11. The second-order valence-corrected chi connectivity index (χ2v) is 4.51. The standard InChI is InChI=1S/C5H11NOSSi/c1-9(2)7-4-3-6-5-8/h9H,3-4H2,1-2H3. The van der Waals surface area contributed by atoms with Crippen LogP contribution in [0.4, 0.5) is 0 Å². The molecule has 0 rings (SSSR count).